The Morgan fingerprint density at radius 2 is 1.57 bits per heavy atom. The van der Waals surface area contributed by atoms with Crippen molar-refractivity contribution in [2.45, 2.75) is 19.8 Å². The molecule has 3 aromatic carbocycles. The van der Waals surface area contributed by atoms with Crippen molar-refractivity contribution >= 4 is 23.8 Å². The van der Waals surface area contributed by atoms with Gasteiger partial charge in [0.2, 0.25) is 0 Å². The molecule has 134 valence electrons. The van der Waals surface area contributed by atoms with Crippen molar-refractivity contribution in [2.75, 3.05) is 4.81 Å². The normalized spacial score (nSPS) is 14.2. The number of imidazole rings is 1. The molecule has 0 atom stereocenters. The highest BCUT2D eigenvalue weighted by molar-refractivity contribution is 6.78. The zero-order valence-electron chi connectivity index (χ0n) is 15.8. The van der Waals surface area contributed by atoms with E-state index in [1.54, 1.807) is 0 Å². The molecule has 0 saturated carbocycles. The summed E-state index contributed by atoms with van der Waals surface area (Å²) >= 11 is 0. The standard InChI is InChI=1S/C24H20BN3/c1-17-7-6-9-19-14-13-18-8-2-4-11-21(18)28-22-12-5-3-10-20(22)24-26-15-16-27(24)25(28)23(17)19/h2-12,15-16H,13-14H2,1H3. The minimum absolute atomic E-state index is 0.0741. The largest absolute Gasteiger partial charge is 0.422 e. The van der Waals surface area contributed by atoms with Crippen molar-refractivity contribution in [2.24, 2.45) is 0 Å². The van der Waals surface area contributed by atoms with E-state index < -0.39 is 0 Å². The molecule has 0 fully saturated rings. The van der Waals surface area contributed by atoms with E-state index in [-0.39, 0.29) is 6.98 Å². The zero-order chi connectivity index (χ0) is 18.7. The summed E-state index contributed by atoms with van der Waals surface area (Å²) in [5.74, 6) is 1.05. The Morgan fingerprint density at radius 3 is 2.50 bits per heavy atom. The van der Waals surface area contributed by atoms with Gasteiger partial charge in [0, 0.05) is 29.3 Å². The number of rotatable bonds is 0. The zero-order valence-corrected chi connectivity index (χ0v) is 15.8. The Hall–Kier alpha value is -3.27. The monoisotopic (exact) mass is 361 g/mol. The van der Waals surface area contributed by atoms with E-state index in [9.17, 15) is 0 Å². The van der Waals surface area contributed by atoms with Crippen LogP contribution in [0.1, 0.15) is 16.7 Å². The summed E-state index contributed by atoms with van der Waals surface area (Å²) < 4.78 is 2.34. The van der Waals surface area contributed by atoms with Gasteiger partial charge in [0.15, 0.2) is 0 Å². The van der Waals surface area contributed by atoms with Crippen molar-refractivity contribution in [3.05, 3.63) is 95.8 Å². The Bertz CT molecular complexity index is 1210. The molecule has 0 amide bonds. The molecule has 2 aliphatic heterocycles. The van der Waals surface area contributed by atoms with Crippen molar-refractivity contribution < 1.29 is 0 Å². The smallest absolute Gasteiger partial charge is 0.361 e. The van der Waals surface area contributed by atoms with Gasteiger partial charge in [-0.3, -0.25) is 0 Å². The molecule has 0 bridgehead atoms. The molecule has 3 heterocycles. The van der Waals surface area contributed by atoms with Crippen molar-refractivity contribution in [3.8, 4) is 11.4 Å². The lowest BCUT2D eigenvalue weighted by Gasteiger charge is -2.41. The van der Waals surface area contributed by atoms with Gasteiger partial charge >= 0.3 is 6.98 Å². The fourth-order valence-electron chi connectivity index (χ4n) is 4.93. The summed E-state index contributed by atoms with van der Waals surface area (Å²) in [4.78, 5) is 7.26. The van der Waals surface area contributed by atoms with E-state index in [1.165, 1.54) is 39.1 Å². The molecule has 0 spiro atoms. The van der Waals surface area contributed by atoms with Gasteiger partial charge in [0.05, 0.1) is 0 Å². The van der Waals surface area contributed by atoms with E-state index in [4.69, 9.17) is 4.98 Å². The molecule has 0 radical (unpaired) electrons. The Morgan fingerprint density at radius 1 is 0.821 bits per heavy atom. The fourth-order valence-corrected chi connectivity index (χ4v) is 4.93. The van der Waals surface area contributed by atoms with Crippen LogP contribution < -0.4 is 10.3 Å². The first kappa shape index (κ1) is 15.8. The van der Waals surface area contributed by atoms with Gasteiger partial charge in [0.1, 0.15) is 5.82 Å². The first-order chi connectivity index (χ1) is 13.8. The van der Waals surface area contributed by atoms with E-state index in [1.807, 2.05) is 6.20 Å². The molecule has 28 heavy (non-hydrogen) atoms. The number of benzene rings is 3. The molecule has 3 nitrogen and oxygen atoms in total. The van der Waals surface area contributed by atoms with E-state index in [0.29, 0.717) is 0 Å². The van der Waals surface area contributed by atoms with Crippen molar-refractivity contribution in [3.63, 3.8) is 0 Å². The number of aromatic nitrogens is 2. The summed E-state index contributed by atoms with van der Waals surface area (Å²) in [6.07, 6.45) is 6.17. The highest BCUT2D eigenvalue weighted by atomic mass is 15.2. The second-order valence-corrected chi connectivity index (χ2v) is 7.70. The average Bonchev–Trinajstić information content (AvgIpc) is 3.20. The van der Waals surface area contributed by atoms with E-state index in [0.717, 1.165) is 18.7 Å². The van der Waals surface area contributed by atoms with Crippen LogP contribution in [-0.2, 0) is 12.8 Å². The average molecular weight is 361 g/mol. The number of nitrogens with zero attached hydrogens (tertiary/aromatic N) is 3. The summed E-state index contributed by atoms with van der Waals surface area (Å²) in [5.41, 5.74) is 9.30. The maximum Gasteiger partial charge on any atom is 0.422 e. The van der Waals surface area contributed by atoms with Crippen molar-refractivity contribution in [1.29, 1.82) is 0 Å². The maximum atomic E-state index is 4.74. The third-order valence-electron chi connectivity index (χ3n) is 6.17. The number of hydrogen-bond acceptors (Lipinski definition) is 2. The first-order valence-corrected chi connectivity index (χ1v) is 9.91. The van der Waals surface area contributed by atoms with Gasteiger partial charge in [-0.1, -0.05) is 54.1 Å². The highest BCUT2D eigenvalue weighted by Crippen LogP contribution is 2.42. The summed E-state index contributed by atoms with van der Waals surface area (Å²) in [6.45, 7) is 2.31. The molecule has 4 heteroatoms. The first-order valence-electron chi connectivity index (χ1n) is 9.91. The Labute approximate surface area is 165 Å². The van der Waals surface area contributed by atoms with E-state index >= 15 is 0 Å². The minimum atomic E-state index is 0.0741. The predicted octanol–water partition coefficient (Wildman–Crippen LogP) is 4.35. The molecule has 0 unspecified atom stereocenters. The molecule has 0 N–H and O–H groups in total. The number of hydrogen-bond donors (Lipinski definition) is 0. The van der Waals surface area contributed by atoms with Gasteiger partial charge in [-0.2, -0.15) is 0 Å². The lowest BCUT2D eigenvalue weighted by Crippen LogP contribution is -2.56. The quantitative estimate of drug-likeness (QED) is 0.434. The lowest BCUT2D eigenvalue weighted by molar-refractivity contribution is 0.948. The van der Waals surface area contributed by atoms with Gasteiger partial charge in [-0.05, 0) is 54.6 Å². The third-order valence-corrected chi connectivity index (χ3v) is 6.17. The summed E-state index contributed by atoms with van der Waals surface area (Å²) in [6, 6.07) is 24.2. The van der Waals surface area contributed by atoms with Gasteiger partial charge < -0.3 is 9.29 Å². The van der Waals surface area contributed by atoms with Crippen LogP contribution in [0.5, 0.6) is 0 Å². The molecular formula is C24H20BN3. The third kappa shape index (κ3) is 2.09. The van der Waals surface area contributed by atoms with Crippen LogP contribution in [0.4, 0.5) is 11.4 Å². The summed E-state index contributed by atoms with van der Waals surface area (Å²) in [5, 5.41) is 0. The van der Waals surface area contributed by atoms with Crippen LogP contribution in [-0.4, -0.2) is 16.4 Å². The molecule has 6 rings (SSSR count). The minimum Gasteiger partial charge on any atom is -0.361 e. The maximum absolute atomic E-state index is 4.74. The van der Waals surface area contributed by atoms with Crippen LogP contribution in [0.15, 0.2) is 79.1 Å². The van der Waals surface area contributed by atoms with Gasteiger partial charge in [0.25, 0.3) is 0 Å². The van der Waals surface area contributed by atoms with Gasteiger partial charge in [-0.15, -0.1) is 0 Å². The van der Waals surface area contributed by atoms with Crippen LogP contribution in [0.25, 0.3) is 11.4 Å². The second-order valence-electron chi connectivity index (χ2n) is 7.70. The molecule has 1 aromatic heterocycles. The van der Waals surface area contributed by atoms with Crippen LogP contribution in [0, 0.1) is 6.92 Å². The number of para-hydroxylation sites is 2. The predicted molar refractivity (Wildman–Crippen MR) is 116 cm³/mol. The molecule has 4 aromatic rings. The molecule has 0 saturated heterocycles. The van der Waals surface area contributed by atoms with Crippen LogP contribution >= 0.6 is 0 Å². The van der Waals surface area contributed by atoms with E-state index in [2.05, 4.69) is 89.1 Å². The topological polar surface area (TPSA) is 21.1 Å². The highest BCUT2D eigenvalue weighted by Gasteiger charge is 2.41. The Balaban J connectivity index is 1.74. The van der Waals surface area contributed by atoms with Crippen molar-refractivity contribution in [1.82, 2.24) is 9.46 Å². The second kappa shape index (κ2) is 5.87. The Kier molecular flexibility index (Phi) is 3.30. The number of anilines is 2. The lowest BCUT2D eigenvalue weighted by atomic mass is 9.58. The summed E-state index contributed by atoms with van der Waals surface area (Å²) in [7, 11) is 0. The molecule has 2 aliphatic rings. The number of aryl methyl sites for hydroxylation is 3. The fraction of sp³-hybridized carbons (Fsp3) is 0.125. The number of fused-ring (bicyclic) bond motifs is 10. The van der Waals surface area contributed by atoms with Crippen LogP contribution in [0.3, 0.4) is 0 Å². The van der Waals surface area contributed by atoms with Gasteiger partial charge in [-0.25, -0.2) is 4.98 Å². The SMILES string of the molecule is Cc1cccc2c1B1N(c3ccccc3CC2)c2ccccc2-c2nccn21. The molecule has 0 aliphatic carbocycles. The van der Waals surface area contributed by atoms with Crippen LogP contribution in [0.2, 0.25) is 0 Å². The molecular weight excluding hydrogens is 341 g/mol.